The fourth-order valence-corrected chi connectivity index (χ4v) is 5.96. The number of rotatable bonds is 9. The minimum atomic E-state index is -3.81. The molecule has 32 heavy (non-hydrogen) atoms. The number of nitrogens with one attached hydrogen (secondary N) is 3. The fraction of sp³-hybridized carbons (Fsp3) is 0.474. The average molecular weight is 480 g/mol. The van der Waals surface area contributed by atoms with Gasteiger partial charge >= 0.3 is 6.03 Å². The number of hydrogen-bond donors (Lipinski definition) is 4. The molecule has 172 valence electrons. The molecule has 1 aromatic heterocycles. The summed E-state index contributed by atoms with van der Waals surface area (Å²) in [5.74, 6) is 0.866. The second-order valence-electron chi connectivity index (χ2n) is 7.84. The zero-order valence-corrected chi connectivity index (χ0v) is 18.9. The summed E-state index contributed by atoms with van der Waals surface area (Å²) < 4.78 is 24.4. The number of hydrogen-bond acceptors (Lipinski definition) is 7. The number of thioether (sulfide) groups is 1. The van der Waals surface area contributed by atoms with Crippen molar-refractivity contribution in [2.45, 2.75) is 54.5 Å². The topological polar surface area (TPSA) is 161 Å². The van der Waals surface area contributed by atoms with Gasteiger partial charge in [0.25, 0.3) is 0 Å². The first-order valence-electron chi connectivity index (χ1n) is 10.3. The van der Waals surface area contributed by atoms with E-state index in [0.29, 0.717) is 23.1 Å². The van der Waals surface area contributed by atoms with Gasteiger partial charge in [-0.2, -0.15) is 11.8 Å². The molecule has 1 aromatic carbocycles. The van der Waals surface area contributed by atoms with Crippen molar-refractivity contribution < 1.29 is 18.0 Å². The highest BCUT2D eigenvalue weighted by atomic mass is 32.2. The number of carbonyl (C=O) groups excluding carboxylic acids is 2. The number of fused-ring (bicyclic) bond motifs is 1. The van der Waals surface area contributed by atoms with E-state index < -0.39 is 10.0 Å². The van der Waals surface area contributed by atoms with Crippen LogP contribution < -0.4 is 21.1 Å². The third kappa shape index (κ3) is 5.40. The zero-order valence-electron chi connectivity index (χ0n) is 17.2. The molecular formula is C19H25N7O4S2. The van der Waals surface area contributed by atoms with E-state index in [1.165, 1.54) is 16.8 Å². The van der Waals surface area contributed by atoms with Gasteiger partial charge in [0.15, 0.2) is 0 Å². The Balaban J connectivity index is 1.19. The van der Waals surface area contributed by atoms with Crippen LogP contribution in [0.5, 0.6) is 0 Å². The maximum Gasteiger partial charge on any atom is 0.315 e. The van der Waals surface area contributed by atoms with E-state index in [1.54, 1.807) is 18.3 Å². The van der Waals surface area contributed by atoms with E-state index in [9.17, 15) is 18.0 Å². The summed E-state index contributed by atoms with van der Waals surface area (Å²) in [7, 11) is -3.81. The van der Waals surface area contributed by atoms with Gasteiger partial charge in [-0.1, -0.05) is 17.7 Å². The summed E-state index contributed by atoms with van der Waals surface area (Å²) in [6, 6.07) is 6.39. The Kier molecular flexibility index (Phi) is 6.67. The Hall–Kier alpha value is -2.64. The number of nitrogens with zero attached hydrogens (tertiary/aromatic N) is 3. The van der Waals surface area contributed by atoms with Crippen LogP contribution in [0.25, 0.3) is 5.69 Å². The minimum absolute atomic E-state index is 0.0153. The van der Waals surface area contributed by atoms with Crippen LogP contribution in [0.2, 0.25) is 0 Å². The molecule has 3 heterocycles. The third-order valence-corrected chi connectivity index (χ3v) is 7.92. The molecular weight excluding hydrogens is 454 g/mol. The lowest BCUT2D eigenvalue weighted by molar-refractivity contribution is -0.121. The van der Waals surface area contributed by atoms with Crippen molar-refractivity contribution >= 4 is 33.7 Å². The van der Waals surface area contributed by atoms with E-state index in [1.807, 2.05) is 11.8 Å². The van der Waals surface area contributed by atoms with Crippen molar-refractivity contribution in [3.63, 3.8) is 0 Å². The van der Waals surface area contributed by atoms with Crippen LogP contribution in [0.1, 0.15) is 31.4 Å². The van der Waals surface area contributed by atoms with Crippen LogP contribution >= 0.6 is 11.8 Å². The summed E-state index contributed by atoms with van der Waals surface area (Å²) in [5, 5.41) is 22.3. The Morgan fingerprint density at radius 2 is 2.16 bits per heavy atom. The molecule has 11 nitrogen and oxygen atoms in total. The van der Waals surface area contributed by atoms with Crippen LogP contribution in [0, 0.1) is 0 Å². The molecule has 0 bridgehead atoms. The number of carbonyl (C=O) groups is 2. The summed E-state index contributed by atoms with van der Waals surface area (Å²) in [6.45, 7) is 0.230. The Bertz CT molecular complexity index is 1100. The first-order chi connectivity index (χ1) is 15.3. The van der Waals surface area contributed by atoms with Crippen LogP contribution in [0.4, 0.5) is 4.79 Å². The van der Waals surface area contributed by atoms with E-state index in [4.69, 9.17) is 5.14 Å². The highest BCUT2D eigenvalue weighted by molar-refractivity contribution is 8.00. The maximum atomic E-state index is 12.2. The predicted octanol–water partition coefficient (Wildman–Crippen LogP) is 0.257. The maximum absolute atomic E-state index is 12.2. The van der Waals surface area contributed by atoms with E-state index in [2.05, 4.69) is 26.3 Å². The zero-order chi connectivity index (χ0) is 22.7. The summed E-state index contributed by atoms with van der Waals surface area (Å²) in [6.07, 6.45) is 4.70. The normalized spacial score (nSPS) is 22.3. The number of urea groups is 1. The second-order valence-corrected chi connectivity index (χ2v) is 10.7. The van der Waals surface area contributed by atoms with E-state index in [0.717, 1.165) is 25.0 Å². The lowest BCUT2D eigenvalue weighted by Gasteiger charge is -2.16. The SMILES string of the molecule is NS(=O)(=O)c1cccc(-n2cc(CNC(=O)CCCC[C@@H]3SC[C@@H]4NC(=O)N[C@@H]43)nn2)c1. The minimum Gasteiger partial charge on any atom is -0.350 e. The predicted molar refractivity (Wildman–Crippen MR) is 119 cm³/mol. The average Bonchev–Trinajstić information content (AvgIpc) is 3.46. The number of nitrogens with two attached hydrogens (primary N) is 1. The molecule has 5 N–H and O–H groups in total. The van der Waals surface area contributed by atoms with Crippen molar-refractivity contribution in [3.05, 3.63) is 36.2 Å². The fourth-order valence-electron chi connectivity index (χ4n) is 3.86. The van der Waals surface area contributed by atoms with Crippen LogP contribution in [-0.4, -0.2) is 58.4 Å². The van der Waals surface area contributed by atoms with Gasteiger partial charge in [0.1, 0.15) is 5.69 Å². The lowest BCUT2D eigenvalue weighted by Crippen LogP contribution is -2.36. The molecule has 4 rings (SSSR count). The first kappa shape index (κ1) is 22.6. The van der Waals surface area contributed by atoms with Crippen LogP contribution in [-0.2, 0) is 21.4 Å². The van der Waals surface area contributed by atoms with Gasteiger partial charge in [-0.15, -0.1) is 5.10 Å². The highest BCUT2D eigenvalue weighted by Gasteiger charge is 2.42. The standard InChI is InChI=1S/C19H25N7O4S2/c20-32(29,30)14-5-3-4-13(8-14)26-10-12(24-25-26)9-21-17(27)7-2-1-6-16-18-15(11-31-16)22-19(28)23-18/h3-5,8,10,15-16,18H,1-2,6-7,9,11H2,(H,21,27)(H2,20,29,30)(H2,22,23,28)/t15-,16-,18-/m0/s1. The van der Waals surface area contributed by atoms with Gasteiger partial charge in [-0.3, -0.25) is 4.79 Å². The van der Waals surface area contributed by atoms with Crippen molar-refractivity contribution in [2.24, 2.45) is 5.14 Å². The molecule has 3 atom stereocenters. The number of sulfonamides is 1. The number of unbranched alkanes of at least 4 members (excludes halogenated alkanes) is 1. The van der Waals surface area contributed by atoms with Crippen molar-refractivity contribution in [3.8, 4) is 5.69 Å². The molecule has 0 spiro atoms. The Labute approximate surface area is 189 Å². The van der Waals surface area contributed by atoms with Crippen LogP contribution in [0.3, 0.4) is 0 Å². The van der Waals surface area contributed by atoms with Gasteiger partial charge in [0, 0.05) is 17.4 Å². The van der Waals surface area contributed by atoms with E-state index >= 15 is 0 Å². The van der Waals surface area contributed by atoms with Crippen molar-refractivity contribution in [1.82, 2.24) is 30.9 Å². The monoisotopic (exact) mass is 479 g/mol. The van der Waals surface area contributed by atoms with Crippen LogP contribution in [0.15, 0.2) is 35.4 Å². The highest BCUT2D eigenvalue weighted by Crippen LogP contribution is 2.33. The smallest absolute Gasteiger partial charge is 0.315 e. The molecule has 2 aromatic rings. The van der Waals surface area contributed by atoms with Gasteiger partial charge in [0.05, 0.1) is 35.4 Å². The Morgan fingerprint density at radius 1 is 1.31 bits per heavy atom. The summed E-state index contributed by atoms with van der Waals surface area (Å²) in [4.78, 5) is 23.6. The first-order valence-corrected chi connectivity index (χ1v) is 12.9. The van der Waals surface area contributed by atoms with Gasteiger partial charge in [-0.05, 0) is 31.0 Å². The summed E-state index contributed by atoms with van der Waals surface area (Å²) in [5.41, 5.74) is 1.06. The largest absolute Gasteiger partial charge is 0.350 e. The van der Waals surface area contributed by atoms with Gasteiger partial charge in [0.2, 0.25) is 15.9 Å². The number of amides is 3. The number of benzene rings is 1. The third-order valence-electron chi connectivity index (χ3n) is 5.50. The van der Waals surface area contributed by atoms with Crippen molar-refractivity contribution in [2.75, 3.05) is 5.75 Å². The molecule has 3 amide bonds. The molecule has 13 heteroatoms. The quantitative estimate of drug-likeness (QED) is 0.296. The number of primary sulfonamides is 1. The molecule has 2 fully saturated rings. The molecule has 2 aliphatic rings. The molecule has 0 radical (unpaired) electrons. The second kappa shape index (κ2) is 9.46. The lowest BCUT2D eigenvalue weighted by atomic mass is 10.0. The van der Waals surface area contributed by atoms with Crippen molar-refractivity contribution in [1.29, 1.82) is 0 Å². The molecule has 0 unspecified atom stereocenters. The number of aromatic nitrogens is 3. The Morgan fingerprint density at radius 3 is 2.97 bits per heavy atom. The molecule has 0 aliphatic carbocycles. The molecule has 2 aliphatic heterocycles. The molecule has 2 saturated heterocycles. The molecule has 0 saturated carbocycles. The summed E-state index contributed by atoms with van der Waals surface area (Å²) >= 11 is 1.87. The van der Waals surface area contributed by atoms with E-state index in [-0.39, 0.29) is 35.5 Å². The van der Waals surface area contributed by atoms with Gasteiger partial charge in [-0.25, -0.2) is 23.0 Å². The van der Waals surface area contributed by atoms with Gasteiger partial charge < -0.3 is 16.0 Å².